The van der Waals surface area contributed by atoms with Gasteiger partial charge in [-0.2, -0.15) is 0 Å². The summed E-state index contributed by atoms with van der Waals surface area (Å²) in [5.74, 6) is 0. The van der Waals surface area contributed by atoms with Gasteiger partial charge >= 0.3 is 0 Å². The summed E-state index contributed by atoms with van der Waals surface area (Å²) in [7, 11) is 0. The molecule has 5 atom stereocenters. The highest BCUT2D eigenvalue weighted by Gasteiger charge is 2.49. The summed E-state index contributed by atoms with van der Waals surface area (Å²) >= 11 is 0. The molecule has 6 nitrogen and oxygen atoms in total. The van der Waals surface area contributed by atoms with Crippen LogP contribution in [0.15, 0.2) is 134 Å². The average molecular weight is 581 g/mol. The highest BCUT2D eigenvalue weighted by Crippen LogP contribution is 2.31. The Morgan fingerprint density at radius 3 is 1.42 bits per heavy atom. The van der Waals surface area contributed by atoms with Gasteiger partial charge in [0.05, 0.1) is 39.3 Å². The fourth-order valence-electron chi connectivity index (χ4n) is 5.01. The van der Waals surface area contributed by atoms with Crippen LogP contribution < -0.4 is 0 Å². The zero-order chi connectivity index (χ0) is 29.5. The summed E-state index contributed by atoms with van der Waals surface area (Å²) in [6.45, 7) is 3.79. The van der Waals surface area contributed by atoms with Crippen LogP contribution in [0.3, 0.4) is 0 Å². The molecule has 1 saturated heterocycles. The van der Waals surface area contributed by atoms with Crippen molar-refractivity contribution in [3.8, 4) is 0 Å². The van der Waals surface area contributed by atoms with Crippen LogP contribution in [0.5, 0.6) is 0 Å². The molecule has 0 unspecified atom stereocenters. The van der Waals surface area contributed by atoms with E-state index in [-0.39, 0.29) is 0 Å². The first-order chi connectivity index (χ1) is 21.3. The Kier molecular flexibility index (Phi) is 11.9. The third-order valence-electron chi connectivity index (χ3n) is 7.19. The van der Waals surface area contributed by atoms with Crippen molar-refractivity contribution in [3.63, 3.8) is 0 Å². The van der Waals surface area contributed by atoms with E-state index < -0.39 is 30.7 Å². The lowest BCUT2D eigenvalue weighted by Crippen LogP contribution is -2.61. The van der Waals surface area contributed by atoms with Gasteiger partial charge in [0, 0.05) is 0 Å². The van der Waals surface area contributed by atoms with Crippen molar-refractivity contribution in [1.82, 2.24) is 0 Å². The second-order valence-corrected chi connectivity index (χ2v) is 10.4. The molecule has 1 aliphatic heterocycles. The van der Waals surface area contributed by atoms with Crippen molar-refractivity contribution in [2.75, 3.05) is 6.61 Å². The van der Waals surface area contributed by atoms with E-state index >= 15 is 0 Å². The summed E-state index contributed by atoms with van der Waals surface area (Å²) in [5.41, 5.74) is 4.25. The van der Waals surface area contributed by atoms with E-state index in [2.05, 4.69) is 0 Å². The van der Waals surface area contributed by atoms with Gasteiger partial charge in [-0.3, -0.25) is 0 Å². The van der Waals surface area contributed by atoms with E-state index in [1.54, 1.807) is 6.26 Å². The molecule has 224 valence electrons. The molecule has 0 saturated carbocycles. The van der Waals surface area contributed by atoms with Gasteiger partial charge in [0.1, 0.15) is 24.4 Å². The molecule has 0 amide bonds. The van der Waals surface area contributed by atoms with Crippen LogP contribution in [0.1, 0.15) is 29.2 Å². The van der Waals surface area contributed by atoms with E-state index in [9.17, 15) is 0 Å². The maximum atomic E-state index is 6.69. The standard InChI is InChI=1S/C37H40O6/c1-2-23-39-37-36(42-27-32-21-13-6-14-22-32)35(41-26-31-19-11-5-12-20-31)34(40-25-30-17-9-4-10-18-30)33(43-37)28-38-24-29-15-7-3-8-16-29/h2-23,33-37H,24-28H2,1H3/b23-2+/t33-,34-,35+,36+,37+/m1/s1. The van der Waals surface area contributed by atoms with Crippen LogP contribution in [0.2, 0.25) is 0 Å². The fraction of sp³-hybridized carbons (Fsp3) is 0.297. The number of ether oxygens (including phenoxy) is 6. The molecule has 4 aromatic carbocycles. The van der Waals surface area contributed by atoms with Crippen molar-refractivity contribution in [1.29, 1.82) is 0 Å². The summed E-state index contributed by atoms with van der Waals surface area (Å²) in [6.07, 6.45) is 0.669. The van der Waals surface area contributed by atoms with Crippen LogP contribution in [0, 0.1) is 0 Å². The van der Waals surface area contributed by atoms with Gasteiger partial charge in [0.15, 0.2) is 0 Å². The summed E-state index contributed by atoms with van der Waals surface area (Å²) in [6, 6.07) is 40.4. The Balaban J connectivity index is 1.42. The van der Waals surface area contributed by atoms with Crippen molar-refractivity contribution in [2.24, 2.45) is 0 Å². The average Bonchev–Trinajstić information content (AvgIpc) is 3.07. The largest absolute Gasteiger partial charge is 0.470 e. The Hall–Kier alpha value is -3.78. The van der Waals surface area contributed by atoms with Gasteiger partial charge in [0.2, 0.25) is 6.29 Å². The molecule has 6 heteroatoms. The van der Waals surface area contributed by atoms with Crippen LogP contribution in [0.25, 0.3) is 0 Å². The van der Waals surface area contributed by atoms with Crippen molar-refractivity contribution in [3.05, 3.63) is 156 Å². The van der Waals surface area contributed by atoms with Gasteiger partial charge in [-0.1, -0.05) is 127 Å². The number of hydrogen-bond donors (Lipinski definition) is 0. The second kappa shape index (κ2) is 16.8. The Labute approximate surface area is 254 Å². The molecular weight excluding hydrogens is 540 g/mol. The molecule has 0 bridgehead atoms. The first-order valence-corrected chi connectivity index (χ1v) is 14.8. The lowest BCUT2D eigenvalue weighted by Gasteiger charge is -2.45. The number of rotatable bonds is 15. The second-order valence-electron chi connectivity index (χ2n) is 10.4. The van der Waals surface area contributed by atoms with Gasteiger partial charge in [-0.05, 0) is 29.2 Å². The van der Waals surface area contributed by atoms with E-state index in [1.165, 1.54) is 0 Å². The molecule has 4 aromatic rings. The summed E-state index contributed by atoms with van der Waals surface area (Å²) < 4.78 is 38.8. The topological polar surface area (TPSA) is 55.4 Å². The maximum Gasteiger partial charge on any atom is 0.228 e. The molecule has 5 rings (SSSR count). The van der Waals surface area contributed by atoms with Gasteiger partial charge in [0.25, 0.3) is 0 Å². The molecule has 0 radical (unpaired) electrons. The highest BCUT2D eigenvalue weighted by atomic mass is 16.7. The monoisotopic (exact) mass is 580 g/mol. The van der Waals surface area contributed by atoms with E-state index in [4.69, 9.17) is 28.4 Å². The minimum absolute atomic E-state index is 0.292. The number of hydrogen-bond acceptors (Lipinski definition) is 6. The molecule has 0 spiro atoms. The molecule has 43 heavy (non-hydrogen) atoms. The number of allylic oxidation sites excluding steroid dienone is 1. The summed E-state index contributed by atoms with van der Waals surface area (Å²) in [5, 5.41) is 0. The van der Waals surface area contributed by atoms with E-state index in [1.807, 2.05) is 134 Å². The predicted molar refractivity (Wildman–Crippen MR) is 166 cm³/mol. The van der Waals surface area contributed by atoms with Crippen LogP contribution in [0.4, 0.5) is 0 Å². The predicted octanol–water partition coefficient (Wildman–Crippen LogP) is 7.23. The van der Waals surface area contributed by atoms with E-state index in [0.717, 1.165) is 22.3 Å². The van der Waals surface area contributed by atoms with Crippen molar-refractivity contribution < 1.29 is 28.4 Å². The lowest BCUT2D eigenvalue weighted by molar-refractivity contribution is -0.318. The molecule has 1 fully saturated rings. The van der Waals surface area contributed by atoms with E-state index in [0.29, 0.717) is 33.0 Å². The first-order valence-electron chi connectivity index (χ1n) is 14.8. The Morgan fingerprint density at radius 2 is 0.953 bits per heavy atom. The van der Waals surface area contributed by atoms with Crippen molar-refractivity contribution in [2.45, 2.75) is 64.1 Å². The van der Waals surface area contributed by atoms with Gasteiger partial charge in [-0.25, -0.2) is 0 Å². The molecule has 0 aliphatic carbocycles. The van der Waals surface area contributed by atoms with Gasteiger partial charge < -0.3 is 28.4 Å². The Morgan fingerprint density at radius 1 is 0.535 bits per heavy atom. The molecule has 1 aliphatic rings. The Bertz CT molecular complexity index is 1330. The zero-order valence-electron chi connectivity index (χ0n) is 24.6. The zero-order valence-corrected chi connectivity index (χ0v) is 24.6. The van der Waals surface area contributed by atoms with Crippen LogP contribution in [-0.4, -0.2) is 37.3 Å². The first kappa shape index (κ1) is 30.7. The normalized spacial score (nSPS) is 22.0. The quantitative estimate of drug-likeness (QED) is 0.138. The smallest absolute Gasteiger partial charge is 0.228 e. The third kappa shape index (κ3) is 9.35. The fourth-order valence-corrected chi connectivity index (χ4v) is 5.01. The molecule has 1 heterocycles. The molecule has 0 aromatic heterocycles. The van der Waals surface area contributed by atoms with Crippen LogP contribution >= 0.6 is 0 Å². The lowest BCUT2D eigenvalue weighted by atomic mass is 9.97. The maximum absolute atomic E-state index is 6.69. The molecule has 0 N–H and O–H groups in total. The minimum Gasteiger partial charge on any atom is -0.470 e. The third-order valence-corrected chi connectivity index (χ3v) is 7.19. The molecular formula is C37H40O6. The van der Waals surface area contributed by atoms with Crippen LogP contribution in [-0.2, 0) is 54.8 Å². The minimum atomic E-state index is -0.734. The number of benzene rings is 4. The van der Waals surface area contributed by atoms with Gasteiger partial charge in [-0.15, -0.1) is 0 Å². The SMILES string of the molecule is C/C=C/O[C@H]1O[C@H](COCc2ccccc2)[C@@H](OCc2ccccc2)[C@H](OCc2ccccc2)[C@@H]1OCc1ccccc1. The highest BCUT2D eigenvalue weighted by molar-refractivity contribution is 5.16. The van der Waals surface area contributed by atoms with Crippen molar-refractivity contribution >= 4 is 0 Å². The summed E-state index contributed by atoms with van der Waals surface area (Å²) in [4.78, 5) is 0.